The van der Waals surface area contributed by atoms with Crippen LogP contribution in [0.5, 0.6) is 0 Å². The van der Waals surface area contributed by atoms with E-state index in [0.717, 1.165) is 38.5 Å². The lowest BCUT2D eigenvalue weighted by Gasteiger charge is -2.41. The number of allylic oxidation sites excluding steroid dienone is 2. The van der Waals surface area contributed by atoms with E-state index in [1.54, 1.807) is 0 Å². The quantitative estimate of drug-likeness (QED) is 0.0197. The predicted molar refractivity (Wildman–Crippen MR) is 271 cm³/mol. The van der Waals surface area contributed by atoms with Crippen molar-refractivity contribution in [3.63, 3.8) is 0 Å². The smallest absolute Gasteiger partial charge is 0.397 e. The Kier molecular flexibility index (Phi) is 43.8. The molecule has 1 fully saturated rings. The summed E-state index contributed by atoms with van der Waals surface area (Å²) in [6.45, 7) is 4.04. The number of ether oxygens (including phenoxy) is 4. The minimum Gasteiger partial charge on any atom is -0.457 e. The van der Waals surface area contributed by atoms with Crippen LogP contribution >= 0.6 is 0 Å². The summed E-state index contributed by atoms with van der Waals surface area (Å²) in [7, 11) is -5.06. The van der Waals surface area contributed by atoms with Crippen LogP contribution in [0.25, 0.3) is 0 Å². The van der Waals surface area contributed by atoms with E-state index in [2.05, 4.69) is 30.2 Å². The molecule has 67 heavy (non-hydrogen) atoms. The van der Waals surface area contributed by atoms with Crippen molar-refractivity contribution in [3.8, 4) is 0 Å². The Labute approximate surface area is 410 Å². The molecule has 1 aliphatic heterocycles. The lowest BCUT2D eigenvalue weighted by molar-refractivity contribution is -0.301. The van der Waals surface area contributed by atoms with E-state index < -0.39 is 59.8 Å². The topological polar surface area (TPSA) is 178 Å². The van der Waals surface area contributed by atoms with Gasteiger partial charge in [0.1, 0.15) is 30.5 Å². The van der Waals surface area contributed by atoms with Gasteiger partial charge in [-0.2, -0.15) is 8.42 Å². The normalized spacial score (nSPS) is 19.4. The number of rotatable bonds is 50. The lowest BCUT2D eigenvalue weighted by Crippen LogP contribution is -2.60. The van der Waals surface area contributed by atoms with Gasteiger partial charge >= 0.3 is 16.4 Å². The number of aliphatic hydroxyl groups excluding tert-OH is 3. The van der Waals surface area contributed by atoms with Crippen molar-refractivity contribution in [2.24, 2.45) is 0 Å². The molecule has 0 aromatic rings. The summed E-state index contributed by atoms with van der Waals surface area (Å²) < 4.78 is 59.3. The SMILES string of the molecule is CCCCCCCCCC/C=C\CCCCCCCCCCCCCCCCOCC(COC1OC(CO)C(O)C(OS(=O)(=O)O)C1O)OC(=O)CCCCCCCCCCCCCCCC. The molecule has 398 valence electrons. The number of hydrogen-bond acceptors (Lipinski definition) is 11. The Morgan fingerprint density at radius 3 is 1.34 bits per heavy atom. The molecule has 0 radical (unpaired) electrons. The Morgan fingerprint density at radius 2 is 0.940 bits per heavy atom. The van der Waals surface area contributed by atoms with Crippen LogP contribution in [0.3, 0.4) is 0 Å². The highest BCUT2D eigenvalue weighted by molar-refractivity contribution is 7.80. The summed E-state index contributed by atoms with van der Waals surface area (Å²) in [4.78, 5) is 12.9. The van der Waals surface area contributed by atoms with E-state index in [4.69, 9.17) is 18.9 Å². The Bertz CT molecular complexity index is 1220. The van der Waals surface area contributed by atoms with Crippen LogP contribution in [0.15, 0.2) is 12.2 Å². The Balaban J connectivity index is 2.25. The van der Waals surface area contributed by atoms with Crippen molar-refractivity contribution < 1.29 is 56.2 Å². The standard InChI is InChI=1S/C54H104O12S/c1-3-5-7-9-11-13-15-17-19-20-21-22-23-24-25-26-27-28-29-30-32-34-36-38-40-42-44-62-46-48(47-63-54-52(58)53(66-67(59,60)61)51(57)49(45-55)65-54)64-50(56)43-41-39-37-35-33-31-18-16-14-12-10-8-6-4-2/h20-21,48-49,51-55,57-58H,3-19,22-47H2,1-2H3,(H,59,60,61)/b21-20-. The van der Waals surface area contributed by atoms with Crippen LogP contribution < -0.4 is 0 Å². The van der Waals surface area contributed by atoms with Crippen molar-refractivity contribution >= 4 is 16.4 Å². The van der Waals surface area contributed by atoms with Crippen LogP contribution in [0.4, 0.5) is 0 Å². The van der Waals surface area contributed by atoms with Gasteiger partial charge in [0.05, 0.1) is 19.8 Å². The second-order valence-corrected chi connectivity index (χ2v) is 20.6. The third-order valence-corrected chi connectivity index (χ3v) is 13.6. The van der Waals surface area contributed by atoms with Crippen LogP contribution in [0.2, 0.25) is 0 Å². The minimum absolute atomic E-state index is 0.0427. The lowest BCUT2D eigenvalue weighted by atomic mass is 9.99. The zero-order valence-corrected chi connectivity index (χ0v) is 43.8. The molecule has 6 atom stereocenters. The van der Waals surface area contributed by atoms with Gasteiger partial charge in [-0.25, -0.2) is 4.18 Å². The van der Waals surface area contributed by atoms with Gasteiger partial charge in [-0.3, -0.25) is 9.35 Å². The zero-order valence-electron chi connectivity index (χ0n) is 43.0. The number of aliphatic hydroxyl groups is 3. The molecule has 1 heterocycles. The van der Waals surface area contributed by atoms with E-state index in [9.17, 15) is 33.1 Å². The van der Waals surface area contributed by atoms with E-state index in [1.807, 2.05) is 0 Å². The fraction of sp³-hybridized carbons (Fsp3) is 0.944. The minimum atomic E-state index is -5.06. The maximum Gasteiger partial charge on any atom is 0.397 e. The molecule has 12 nitrogen and oxygen atoms in total. The number of hydrogen-bond donors (Lipinski definition) is 4. The first-order chi connectivity index (χ1) is 32.6. The number of carbonyl (C=O) groups is 1. The van der Waals surface area contributed by atoms with Crippen molar-refractivity contribution in [2.45, 2.75) is 301 Å². The molecule has 0 bridgehead atoms. The van der Waals surface area contributed by atoms with Gasteiger partial charge in [0.2, 0.25) is 0 Å². The molecular formula is C54H104O12S. The highest BCUT2D eigenvalue weighted by Gasteiger charge is 2.48. The fourth-order valence-corrected chi connectivity index (χ4v) is 9.41. The van der Waals surface area contributed by atoms with E-state index in [1.165, 1.54) is 199 Å². The number of unbranched alkanes of at least 4 members (excludes halogenated alkanes) is 35. The summed E-state index contributed by atoms with van der Waals surface area (Å²) in [5.74, 6) is -0.393. The van der Waals surface area contributed by atoms with E-state index in [-0.39, 0.29) is 19.6 Å². The summed E-state index contributed by atoms with van der Waals surface area (Å²) in [6.07, 6.45) is 44.0. The van der Waals surface area contributed by atoms with Gasteiger partial charge < -0.3 is 34.3 Å². The van der Waals surface area contributed by atoms with Gasteiger partial charge in [0.25, 0.3) is 0 Å². The summed E-state index contributed by atoms with van der Waals surface area (Å²) >= 11 is 0. The first kappa shape index (κ1) is 63.9. The average Bonchev–Trinajstić information content (AvgIpc) is 3.30. The Hall–Kier alpha value is -1.16. The van der Waals surface area contributed by atoms with Gasteiger partial charge in [0, 0.05) is 13.0 Å². The second-order valence-electron chi connectivity index (χ2n) is 19.5. The maximum absolute atomic E-state index is 12.9. The van der Waals surface area contributed by atoms with Crippen molar-refractivity contribution in [2.75, 3.05) is 26.4 Å². The fourth-order valence-electron chi connectivity index (χ4n) is 8.91. The monoisotopic (exact) mass is 977 g/mol. The van der Waals surface area contributed by atoms with Gasteiger partial charge in [-0.05, 0) is 38.5 Å². The van der Waals surface area contributed by atoms with Crippen molar-refractivity contribution in [1.82, 2.24) is 0 Å². The molecule has 0 amide bonds. The summed E-state index contributed by atoms with van der Waals surface area (Å²) in [5, 5.41) is 30.8. The van der Waals surface area contributed by atoms with E-state index >= 15 is 0 Å². The molecule has 0 aliphatic carbocycles. The van der Waals surface area contributed by atoms with Crippen LogP contribution in [0, 0.1) is 0 Å². The Morgan fingerprint density at radius 1 is 0.552 bits per heavy atom. The molecule has 13 heteroatoms. The molecule has 1 saturated heterocycles. The first-order valence-electron chi connectivity index (χ1n) is 27.9. The number of esters is 1. The third kappa shape index (κ3) is 39.2. The van der Waals surface area contributed by atoms with Crippen LogP contribution in [-0.4, -0.2) is 97.5 Å². The molecule has 1 aliphatic rings. The van der Waals surface area contributed by atoms with Crippen LogP contribution in [-0.2, 0) is 38.3 Å². The molecule has 0 aromatic carbocycles. The molecule has 0 aromatic heterocycles. The predicted octanol–water partition coefficient (Wildman–Crippen LogP) is 13.4. The third-order valence-electron chi connectivity index (χ3n) is 13.1. The van der Waals surface area contributed by atoms with Crippen molar-refractivity contribution in [3.05, 3.63) is 12.2 Å². The second kappa shape index (κ2) is 45.9. The van der Waals surface area contributed by atoms with Gasteiger partial charge in [-0.1, -0.05) is 231 Å². The summed E-state index contributed by atoms with van der Waals surface area (Å²) in [5.41, 5.74) is 0. The first-order valence-corrected chi connectivity index (χ1v) is 29.3. The largest absolute Gasteiger partial charge is 0.457 e. The van der Waals surface area contributed by atoms with Crippen LogP contribution in [0.1, 0.15) is 264 Å². The average molecular weight is 977 g/mol. The van der Waals surface area contributed by atoms with Crippen molar-refractivity contribution in [1.29, 1.82) is 0 Å². The highest BCUT2D eigenvalue weighted by atomic mass is 32.3. The molecule has 6 unspecified atom stereocenters. The molecule has 4 N–H and O–H groups in total. The molecule has 0 spiro atoms. The molecular weight excluding hydrogens is 873 g/mol. The molecule has 0 saturated carbocycles. The summed E-state index contributed by atoms with van der Waals surface area (Å²) in [6, 6.07) is 0. The van der Waals surface area contributed by atoms with E-state index in [0.29, 0.717) is 13.0 Å². The number of carbonyl (C=O) groups excluding carboxylic acids is 1. The van der Waals surface area contributed by atoms with Gasteiger partial charge in [0.15, 0.2) is 6.29 Å². The zero-order chi connectivity index (χ0) is 48.9. The molecule has 1 rings (SSSR count). The highest BCUT2D eigenvalue weighted by Crippen LogP contribution is 2.26. The van der Waals surface area contributed by atoms with Gasteiger partial charge in [-0.15, -0.1) is 0 Å². The maximum atomic E-state index is 12.9.